The number of H-pyrrole nitrogens is 1. The summed E-state index contributed by atoms with van der Waals surface area (Å²) in [6.07, 6.45) is 4.78. The van der Waals surface area contributed by atoms with Crippen LogP contribution in [0.25, 0.3) is 10.9 Å². The molecule has 0 saturated carbocycles. The highest BCUT2D eigenvalue weighted by Gasteiger charge is 2.34. The summed E-state index contributed by atoms with van der Waals surface area (Å²) >= 11 is 1.50. The van der Waals surface area contributed by atoms with Crippen LogP contribution in [-0.2, 0) is 33.9 Å². The monoisotopic (exact) mass is 701 g/mol. The molecule has 3 atom stereocenters. The van der Waals surface area contributed by atoms with Crippen LogP contribution in [0.1, 0.15) is 54.4 Å². The average Bonchev–Trinajstić information content (AvgIpc) is 3.52. The molecule has 0 unspecified atom stereocenters. The summed E-state index contributed by atoms with van der Waals surface area (Å²) in [5.41, 5.74) is 16.1. The number of nitrogens with zero attached hydrogens (tertiary/aromatic N) is 1. The summed E-state index contributed by atoms with van der Waals surface area (Å²) in [6.45, 7) is 3.28. The molecule has 3 amide bonds. The standard InChI is InChI=1S/C38H48FN7O3S/c1-24-9-7-10-25-21-44-37(48)33(20-26-22-42-30-12-4-3-11-29(26)30)46(2)38(49)32(13-5-6-17-40)45-36(47)31(14-8-18-41)43-23-27-19-28(39)15-16-34(27)50-35(24)25/h3-4,7,9-12,15-16,19,22,31-33,42-43H,5-6,8,13-14,17-18,20-21,23,40-41H2,1-2H3,(H,44,48)(H,45,47)/t31-,32-,33-/m0/s1. The Hall–Kier alpha value is -4.23. The Morgan fingerprint density at radius 1 is 0.880 bits per heavy atom. The molecule has 3 aromatic carbocycles. The van der Waals surface area contributed by atoms with Gasteiger partial charge in [0.2, 0.25) is 17.7 Å². The van der Waals surface area contributed by atoms with Crippen molar-refractivity contribution >= 4 is 40.4 Å². The number of carbonyl (C=O) groups is 3. The van der Waals surface area contributed by atoms with Crippen LogP contribution >= 0.6 is 11.8 Å². The Balaban J connectivity index is 1.57. The lowest BCUT2D eigenvalue weighted by molar-refractivity contribution is -0.142. The highest BCUT2D eigenvalue weighted by molar-refractivity contribution is 7.99. The van der Waals surface area contributed by atoms with Crippen molar-refractivity contribution in [2.45, 2.75) is 86.5 Å². The summed E-state index contributed by atoms with van der Waals surface area (Å²) in [7, 11) is 1.63. The molecule has 0 bridgehead atoms. The molecule has 266 valence electrons. The van der Waals surface area contributed by atoms with E-state index in [9.17, 15) is 18.8 Å². The fourth-order valence-electron chi connectivity index (χ4n) is 6.41. The minimum atomic E-state index is -0.890. The van der Waals surface area contributed by atoms with Crippen LogP contribution in [0.5, 0.6) is 0 Å². The summed E-state index contributed by atoms with van der Waals surface area (Å²) in [5.74, 6) is -1.42. The number of fused-ring (bicyclic) bond motifs is 3. The number of nitrogens with two attached hydrogens (primary N) is 2. The van der Waals surface area contributed by atoms with Gasteiger partial charge in [-0.3, -0.25) is 14.4 Å². The number of unbranched alkanes of at least 4 members (excludes halogenated alkanes) is 1. The van der Waals surface area contributed by atoms with Gasteiger partial charge >= 0.3 is 0 Å². The molecule has 1 aromatic heterocycles. The largest absolute Gasteiger partial charge is 0.361 e. The third-order valence-electron chi connectivity index (χ3n) is 9.30. The van der Waals surface area contributed by atoms with E-state index in [1.807, 2.05) is 55.6 Å². The number of carbonyl (C=O) groups excluding carboxylic acids is 3. The first kappa shape index (κ1) is 37.0. The van der Waals surface area contributed by atoms with Gasteiger partial charge in [0.1, 0.15) is 17.9 Å². The number of aromatic amines is 1. The number of likely N-dealkylation sites (N-methyl/N-ethyl adjacent to an activating group) is 1. The molecule has 1 aliphatic heterocycles. The van der Waals surface area contributed by atoms with Crippen molar-refractivity contribution in [1.82, 2.24) is 25.8 Å². The third-order valence-corrected chi connectivity index (χ3v) is 10.7. The Kier molecular flexibility index (Phi) is 13.1. The van der Waals surface area contributed by atoms with Crippen LogP contribution in [0.15, 0.2) is 76.7 Å². The van der Waals surface area contributed by atoms with E-state index in [1.165, 1.54) is 28.8 Å². The molecular weight excluding hydrogens is 654 g/mol. The molecule has 12 heteroatoms. The average molecular weight is 702 g/mol. The van der Waals surface area contributed by atoms with Gasteiger partial charge in [-0.1, -0.05) is 48.2 Å². The van der Waals surface area contributed by atoms with Crippen molar-refractivity contribution in [3.05, 3.63) is 94.9 Å². The minimum absolute atomic E-state index is 0.221. The lowest BCUT2D eigenvalue weighted by atomic mass is 10.0. The van der Waals surface area contributed by atoms with Gasteiger partial charge in [0, 0.05) is 53.4 Å². The number of aryl methyl sites for hydroxylation is 1. The van der Waals surface area contributed by atoms with Crippen LogP contribution in [0.4, 0.5) is 4.39 Å². The van der Waals surface area contributed by atoms with Gasteiger partial charge in [0.15, 0.2) is 0 Å². The van der Waals surface area contributed by atoms with Crippen LogP contribution in [0, 0.1) is 12.7 Å². The molecule has 8 N–H and O–H groups in total. The summed E-state index contributed by atoms with van der Waals surface area (Å²) in [5, 5.41) is 10.4. The third kappa shape index (κ3) is 9.11. The van der Waals surface area contributed by atoms with Gasteiger partial charge in [0.05, 0.1) is 6.04 Å². The van der Waals surface area contributed by atoms with Crippen molar-refractivity contribution in [2.75, 3.05) is 20.1 Å². The predicted molar refractivity (Wildman–Crippen MR) is 196 cm³/mol. The van der Waals surface area contributed by atoms with Crippen molar-refractivity contribution in [2.24, 2.45) is 11.5 Å². The normalized spacial score (nSPS) is 19.4. The van der Waals surface area contributed by atoms with E-state index >= 15 is 0 Å². The van der Waals surface area contributed by atoms with E-state index in [0.717, 1.165) is 37.4 Å². The zero-order chi connectivity index (χ0) is 35.6. The Bertz CT molecular complexity index is 1800. The van der Waals surface area contributed by atoms with Crippen LogP contribution in [0.3, 0.4) is 0 Å². The quantitative estimate of drug-likeness (QED) is 0.142. The number of aromatic nitrogens is 1. The number of hydrogen-bond donors (Lipinski definition) is 6. The van der Waals surface area contributed by atoms with E-state index in [-0.39, 0.29) is 43.0 Å². The molecule has 0 radical (unpaired) electrons. The van der Waals surface area contributed by atoms with Gasteiger partial charge in [-0.05, 0) is 98.6 Å². The van der Waals surface area contributed by atoms with E-state index in [0.29, 0.717) is 50.8 Å². The molecule has 10 nitrogen and oxygen atoms in total. The maximum Gasteiger partial charge on any atom is 0.245 e. The van der Waals surface area contributed by atoms with Crippen LogP contribution in [-0.4, -0.2) is 65.9 Å². The Morgan fingerprint density at radius 3 is 2.46 bits per heavy atom. The number of amides is 3. The van der Waals surface area contributed by atoms with Crippen molar-refractivity contribution in [3.63, 3.8) is 0 Å². The zero-order valence-electron chi connectivity index (χ0n) is 28.8. The number of hydrogen-bond acceptors (Lipinski definition) is 7. The number of nitrogens with one attached hydrogen (secondary N) is 4. The smallest absolute Gasteiger partial charge is 0.245 e. The second kappa shape index (κ2) is 17.6. The van der Waals surface area contributed by atoms with Crippen molar-refractivity contribution in [1.29, 1.82) is 0 Å². The number of para-hydroxylation sites is 1. The SMILES string of the molecule is Cc1cccc2c1Sc1ccc(F)cc1CN[C@@H](CCCN)C(=O)N[C@@H](CCCCN)C(=O)N(C)[C@@H](Cc1c[nH]c3ccccc13)C(=O)NC2. The number of halogens is 1. The molecule has 2 heterocycles. The maximum absolute atomic E-state index is 14.6. The number of rotatable bonds is 9. The molecule has 50 heavy (non-hydrogen) atoms. The molecule has 0 fully saturated rings. The first-order chi connectivity index (χ1) is 24.2. The lowest BCUT2D eigenvalue weighted by Crippen LogP contribution is -2.57. The van der Waals surface area contributed by atoms with Gasteiger partial charge in [-0.25, -0.2) is 4.39 Å². The Morgan fingerprint density at radius 2 is 1.66 bits per heavy atom. The van der Waals surface area contributed by atoms with Gasteiger partial charge in [0.25, 0.3) is 0 Å². The van der Waals surface area contributed by atoms with E-state index < -0.39 is 18.1 Å². The van der Waals surface area contributed by atoms with Crippen LogP contribution in [0.2, 0.25) is 0 Å². The predicted octanol–water partition coefficient (Wildman–Crippen LogP) is 4.28. The Labute approximate surface area is 297 Å². The molecule has 5 rings (SSSR count). The first-order valence-corrected chi connectivity index (χ1v) is 18.1. The minimum Gasteiger partial charge on any atom is -0.361 e. The lowest BCUT2D eigenvalue weighted by Gasteiger charge is -2.32. The molecule has 1 aliphatic rings. The highest BCUT2D eigenvalue weighted by Crippen LogP contribution is 2.36. The maximum atomic E-state index is 14.6. The van der Waals surface area contributed by atoms with Gasteiger partial charge in [-0.15, -0.1) is 0 Å². The van der Waals surface area contributed by atoms with Crippen molar-refractivity contribution in [3.8, 4) is 0 Å². The van der Waals surface area contributed by atoms with E-state index in [1.54, 1.807) is 13.1 Å². The molecular formula is C38H48FN7O3S. The molecule has 4 aromatic rings. The van der Waals surface area contributed by atoms with Gasteiger partial charge in [-0.2, -0.15) is 0 Å². The molecule has 0 spiro atoms. The topological polar surface area (TPSA) is 158 Å². The molecule has 0 aliphatic carbocycles. The second-order valence-corrected chi connectivity index (χ2v) is 13.9. The summed E-state index contributed by atoms with van der Waals surface area (Å²) in [6, 6.07) is 15.9. The molecule has 0 saturated heterocycles. The van der Waals surface area contributed by atoms with E-state index in [4.69, 9.17) is 11.5 Å². The van der Waals surface area contributed by atoms with E-state index in [2.05, 4.69) is 20.9 Å². The number of benzene rings is 3. The van der Waals surface area contributed by atoms with Gasteiger partial charge < -0.3 is 37.3 Å². The zero-order valence-corrected chi connectivity index (χ0v) is 29.6. The summed E-state index contributed by atoms with van der Waals surface area (Å²) < 4.78 is 14.6. The first-order valence-electron chi connectivity index (χ1n) is 17.3. The highest BCUT2D eigenvalue weighted by atomic mass is 32.2. The fraction of sp³-hybridized carbons (Fsp3) is 0.395. The van der Waals surface area contributed by atoms with Crippen LogP contribution < -0.4 is 27.4 Å². The second-order valence-electron chi connectivity index (χ2n) is 12.9. The summed E-state index contributed by atoms with van der Waals surface area (Å²) in [4.78, 5) is 49.0. The fourth-order valence-corrected chi connectivity index (χ4v) is 7.53. The van der Waals surface area contributed by atoms with Crippen molar-refractivity contribution < 1.29 is 18.8 Å².